The highest BCUT2D eigenvalue weighted by atomic mass is 35.5. The molecule has 0 aliphatic heterocycles. The van der Waals surface area contributed by atoms with E-state index in [9.17, 15) is 0 Å². The molecule has 3 unspecified atom stereocenters. The maximum absolute atomic E-state index is 6.33. The lowest BCUT2D eigenvalue weighted by Crippen LogP contribution is -2.26. The number of hydrogen-bond donors (Lipinski definition) is 0. The first-order chi connectivity index (χ1) is 6.77. The summed E-state index contributed by atoms with van der Waals surface area (Å²) in [5, 5.41) is 0.401. The molecule has 0 spiro atoms. The number of methoxy groups -OCH3 is 1. The van der Waals surface area contributed by atoms with Crippen LogP contribution in [0.15, 0.2) is 0 Å². The molecular formula is C12H23ClO. The fourth-order valence-corrected chi connectivity index (χ4v) is 2.92. The predicted molar refractivity (Wildman–Crippen MR) is 61.9 cm³/mol. The molecule has 0 heterocycles. The van der Waals surface area contributed by atoms with Crippen LogP contribution in [-0.2, 0) is 4.74 Å². The molecule has 0 aromatic rings. The van der Waals surface area contributed by atoms with Gasteiger partial charge in [0.2, 0.25) is 0 Å². The molecule has 3 atom stereocenters. The highest BCUT2D eigenvalue weighted by Gasteiger charge is 2.28. The summed E-state index contributed by atoms with van der Waals surface area (Å²) in [4.78, 5) is 0. The second-order valence-electron chi connectivity index (χ2n) is 4.53. The monoisotopic (exact) mass is 218 g/mol. The first-order valence-electron chi connectivity index (χ1n) is 5.91. The van der Waals surface area contributed by atoms with Crippen LogP contribution in [0.5, 0.6) is 0 Å². The van der Waals surface area contributed by atoms with Gasteiger partial charge in [0.25, 0.3) is 0 Å². The Morgan fingerprint density at radius 2 is 2.07 bits per heavy atom. The zero-order valence-electron chi connectivity index (χ0n) is 9.47. The Labute approximate surface area is 93.2 Å². The molecule has 0 radical (unpaired) electrons. The van der Waals surface area contributed by atoms with E-state index < -0.39 is 0 Å². The second kappa shape index (κ2) is 6.68. The predicted octanol–water partition coefficient (Wildman–Crippen LogP) is 3.85. The van der Waals surface area contributed by atoms with E-state index in [0.29, 0.717) is 11.3 Å². The second-order valence-corrected chi connectivity index (χ2v) is 5.09. The van der Waals surface area contributed by atoms with Gasteiger partial charge in [0.15, 0.2) is 0 Å². The summed E-state index contributed by atoms with van der Waals surface area (Å²) in [6.07, 6.45) is 7.71. The molecule has 0 aromatic heterocycles. The minimum absolute atomic E-state index is 0.401. The Morgan fingerprint density at radius 1 is 1.29 bits per heavy atom. The molecule has 0 N–H and O–H groups in total. The van der Waals surface area contributed by atoms with Gasteiger partial charge in [-0.3, -0.25) is 0 Å². The zero-order chi connectivity index (χ0) is 10.4. The minimum Gasteiger partial charge on any atom is -0.385 e. The lowest BCUT2D eigenvalue weighted by molar-refractivity contribution is 0.153. The number of ether oxygens (including phenoxy) is 1. The SMILES string of the molecule is CCCC1CCC(Cl)C(CCOC)C1. The van der Waals surface area contributed by atoms with Crippen LogP contribution in [0.3, 0.4) is 0 Å². The van der Waals surface area contributed by atoms with E-state index in [1.807, 2.05) is 0 Å². The molecule has 14 heavy (non-hydrogen) atoms. The van der Waals surface area contributed by atoms with Crippen LogP contribution < -0.4 is 0 Å². The molecule has 0 amide bonds. The van der Waals surface area contributed by atoms with Crippen LogP contribution in [0.2, 0.25) is 0 Å². The van der Waals surface area contributed by atoms with Gasteiger partial charge in [-0.2, -0.15) is 0 Å². The Balaban J connectivity index is 2.30. The largest absolute Gasteiger partial charge is 0.385 e. The summed E-state index contributed by atoms with van der Waals surface area (Å²) in [7, 11) is 1.77. The highest BCUT2D eigenvalue weighted by molar-refractivity contribution is 6.20. The van der Waals surface area contributed by atoms with Gasteiger partial charge in [0.1, 0.15) is 0 Å². The zero-order valence-corrected chi connectivity index (χ0v) is 10.2. The number of rotatable bonds is 5. The van der Waals surface area contributed by atoms with Crippen LogP contribution in [0.1, 0.15) is 45.4 Å². The highest BCUT2D eigenvalue weighted by Crippen LogP contribution is 2.36. The summed E-state index contributed by atoms with van der Waals surface area (Å²) in [5.41, 5.74) is 0. The van der Waals surface area contributed by atoms with Crippen molar-refractivity contribution in [2.45, 2.75) is 50.8 Å². The number of hydrogen-bond acceptors (Lipinski definition) is 1. The third-order valence-corrected chi connectivity index (χ3v) is 3.96. The van der Waals surface area contributed by atoms with Gasteiger partial charge < -0.3 is 4.74 Å². The molecule has 0 bridgehead atoms. The van der Waals surface area contributed by atoms with Crippen molar-refractivity contribution in [2.24, 2.45) is 11.8 Å². The maximum atomic E-state index is 6.33. The smallest absolute Gasteiger partial charge is 0.0465 e. The van der Waals surface area contributed by atoms with Crippen molar-refractivity contribution in [2.75, 3.05) is 13.7 Å². The molecule has 1 fully saturated rings. The lowest BCUT2D eigenvalue weighted by atomic mass is 9.78. The van der Waals surface area contributed by atoms with E-state index in [4.69, 9.17) is 16.3 Å². The average Bonchev–Trinajstić information content (AvgIpc) is 2.19. The maximum Gasteiger partial charge on any atom is 0.0465 e. The third-order valence-electron chi connectivity index (χ3n) is 3.39. The van der Waals surface area contributed by atoms with E-state index >= 15 is 0 Å². The van der Waals surface area contributed by atoms with Gasteiger partial charge in [-0.15, -0.1) is 11.6 Å². The van der Waals surface area contributed by atoms with E-state index in [0.717, 1.165) is 18.9 Å². The van der Waals surface area contributed by atoms with Gasteiger partial charge in [0.05, 0.1) is 0 Å². The van der Waals surface area contributed by atoms with E-state index in [1.165, 1.54) is 32.1 Å². The fraction of sp³-hybridized carbons (Fsp3) is 1.00. The van der Waals surface area contributed by atoms with Gasteiger partial charge in [-0.1, -0.05) is 19.8 Å². The molecule has 84 valence electrons. The normalized spacial score (nSPS) is 33.2. The van der Waals surface area contributed by atoms with Crippen LogP contribution in [-0.4, -0.2) is 19.1 Å². The first kappa shape index (κ1) is 12.3. The van der Waals surface area contributed by atoms with E-state index in [2.05, 4.69) is 6.92 Å². The molecule has 1 aliphatic carbocycles. The average molecular weight is 219 g/mol. The minimum atomic E-state index is 0.401. The third kappa shape index (κ3) is 3.78. The Kier molecular flexibility index (Phi) is 5.88. The van der Waals surface area contributed by atoms with Crippen molar-refractivity contribution in [3.05, 3.63) is 0 Å². The summed E-state index contributed by atoms with van der Waals surface area (Å²) < 4.78 is 5.13. The molecule has 0 saturated heterocycles. The lowest BCUT2D eigenvalue weighted by Gasteiger charge is -2.32. The topological polar surface area (TPSA) is 9.23 Å². The molecule has 1 rings (SSSR count). The van der Waals surface area contributed by atoms with Gasteiger partial charge in [-0.25, -0.2) is 0 Å². The van der Waals surface area contributed by atoms with Crippen molar-refractivity contribution < 1.29 is 4.74 Å². The summed E-state index contributed by atoms with van der Waals surface area (Å²) in [6.45, 7) is 3.14. The molecule has 1 aliphatic rings. The molecular weight excluding hydrogens is 196 g/mol. The van der Waals surface area contributed by atoms with Crippen molar-refractivity contribution in [1.29, 1.82) is 0 Å². The van der Waals surface area contributed by atoms with Crippen LogP contribution in [0.25, 0.3) is 0 Å². The molecule has 1 saturated carbocycles. The molecule has 0 aromatic carbocycles. The summed E-state index contributed by atoms with van der Waals surface area (Å²) in [6, 6.07) is 0. The molecule has 1 nitrogen and oxygen atoms in total. The number of halogens is 1. The van der Waals surface area contributed by atoms with Crippen LogP contribution in [0.4, 0.5) is 0 Å². The van der Waals surface area contributed by atoms with Gasteiger partial charge >= 0.3 is 0 Å². The van der Waals surface area contributed by atoms with E-state index in [1.54, 1.807) is 7.11 Å². The van der Waals surface area contributed by atoms with Crippen molar-refractivity contribution in [3.8, 4) is 0 Å². The Hall–Kier alpha value is 0.250. The standard InChI is InChI=1S/C12H23ClO/c1-3-4-10-5-6-12(13)11(9-10)7-8-14-2/h10-12H,3-9H2,1-2H3. The summed E-state index contributed by atoms with van der Waals surface area (Å²) >= 11 is 6.33. The Bertz CT molecular complexity index is 149. The van der Waals surface area contributed by atoms with Crippen molar-refractivity contribution >= 4 is 11.6 Å². The molecule has 2 heteroatoms. The van der Waals surface area contributed by atoms with Crippen LogP contribution >= 0.6 is 11.6 Å². The fourth-order valence-electron chi connectivity index (χ4n) is 2.56. The van der Waals surface area contributed by atoms with Gasteiger partial charge in [0, 0.05) is 19.1 Å². The van der Waals surface area contributed by atoms with E-state index in [-0.39, 0.29) is 0 Å². The first-order valence-corrected chi connectivity index (χ1v) is 6.34. The Morgan fingerprint density at radius 3 is 2.71 bits per heavy atom. The quantitative estimate of drug-likeness (QED) is 0.637. The van der Waals surface area contributed by atoms with Crippen molar-refractivity contribution in [3.63, 3.8) is 0 Å². The summed E-state index contributed by atoms with van der Waals surface area (Å²) in [5.74, 6) is 1.62. The van der Waals surface area contributed by atoms with Crippen LogP contribution in [0, 0.1) is 11.8 Å². The van der Waals surface area contributed by atoms with Crippen molar-refractivity contribution in [1.82, 2.24) is 0 Å². The van der Waals surface area contributed by atoms with Gasteiger partial charge in [-0.05, 0) is 37.5 Å². The number of alkyl halides is 1.